The van der Waals surface area contributed by atoms with Crippen LogP contribution >= 0.6 is 0 Å². The fourth-order valence-corrected chi connectivity index (χ4v) is 1.63. The monoisotopic (exact) mass is 280 g/mol. The number of carbonyl (C=O) groups excluding carboxylic acids is 1. The van der Waals surface area contributed by atoms with E-state index >= 15 is 0 Å². The lowest BCUT2D eigenvalue weighted by Gasteiger charge is -2.23. The molecule has 0 fully saturated rings. The molecule has 1 unspecified atom stereocenters. The number of carboxylic acids is 2. The highest BCUT2D eigenvalue weighted by Gasteiger charge is 2.26. The van der Waals surface area contributed by atoms with Gasteiger partial charge in [-0.25, -0.2) is 0 Å². The van der Waals surface area contributed by atoms with E-state index in [0.29, 0.717) is 5.69 Å². The molecular formula is C13H16N2O5. The molecule has 0 aromatic heterocycles. The lowest BCUT2D eigenvalue weighted by molar-refractivity contribution is -0.139. The number of nitrogens with two attached hydrogens (primary N) is 1. The van der Waals surface area contributed by atoms with Crippen LogP contribution in [0.25, 0.3) is 0 Å². The van der Waals surface area contributed by atoms with Crippen molar-refractivity contribution in [3.8, 4) is 0 Å². The van der Waals surface area contributed by atoms with E-state index in [1.54, 1.807) is 24.3 Å². The van der Waals surface area contributed by atoms with Crippen LogP contribution in [-0.2, 0) is 14.4 Å². The van der Waals surface area contributed by atoms with Crippen molar-refractivity contribution in [3.05, 3.63) is 29.8 Å². The van der Waals surface area contributed by atoms with E-state index in [2.05, 4.69) is 0 Å². The highest BCUT2D eigenvalue weighted by Crippen LogP contribution is 2.16. The Morgan fingerprint density at radius 3 is 2.15 bits per heavy atom. The van der Waals surface area contributed by atoms with Gasteiger partial charge in [0.1, 0.15) is 6.54 Å². The summed E-state index contributed by atoms with van der Waals surface area (Å²) >= 11 is 0. The summed E-state index contributed by atoms with van der Waals surface area (Å²) in [5.41, 5.74) is 6.81. The minimum absolute atomic E-state index is 0.365. The summed E-state index contributed by atoms with van der Waals surface area (Å²) in [5.74, 6) is -3.16. The smallest absolute Gasteiger partial charge is 0.323 e. The van der Waals surface area contributed by atoms with E-state index in [4.69, 9.17) is 15.9 Å². The van der Waals surface area contributed by atoms with Gasteiger partial charge in [0.25, 0.3) is 0 Å². The molecule has 0 bridgehead atoms. The molecule has 0 saturated heterocycles. The zero-order chi connectivity index (χ0) is 15.3. The maximum Gasteiger partial charge on any atom is 0.323 e. The Kier molecular flexibility index (Phi) is 5.22. The molecule has 108 valence electrons. The van der Waals surface area contributed by atoms with E-state index in [9.17, 15) is 14.4 Å². The van der Waals surface area contributed by atoms with Crippen LogP contribution < -0.4 is 10.6 Å². The molecular weight excluding hydrogens is 264 g/mol. The van der Waals surface area contributed by atoms with Crippen LogP contribution in [0.3, 0.4) is 0 Å². The van der Waals surface area contributed by atoms with Crippen LogP contribution in [0.5, 0.6) is 0 Å². The second-order valence-corrected chi connectivity index (χ2v) is 4.36. The van der Waals surface area contributed by atoms with Crippen LogP contribution in [-0.4, -0.2) is 40.6 Å². The zero-order valence-corrected chi connectivity index (χ0v) is 10.9. The van der Waals surface area contributed by atoms with Crippen LogP contribution in [0.4, 0.5) is 5.69 Å². The second-order valence-electron chi connectivity index (χ2n) is 4.36. The number of aryl methyl sites for hydroxylation is 1. The topological polar surface area (TPSA) is 121 Å². The molecule has 0 radical (unpaired) electrons. The minimum atomic E-state index is -1.28. The van der Waals surface area contributed by atoms with Crippen molar-refractivity contribution in [2.45, 2.75) is 19.4 Å². The average molecular weight is 280 g/mol. The molecule has 0 saturated carbocycles. The van der Waals surface area contributed by atoms with Crippen molar-refractivity contribution < 1.29 is 24.6 Å². The van der Waals surface area contributed by atoms with Gasteiger partial charge in [-0.05, 0) is 19.1 Å². The maximum atomic E-state index is 12.1. The first-order chi connectivity index (χ1) is 9.31. The van der Waals surface area contributed by atoms with Gasteiger partial charge in [-0.3, -0.25) is 19.3 Å². The summed E-state index contributed by atoms with van der Waals surface area (Å²) in [6.07, 6.45) is -0.555. The van der Waals surface area contributed by atoms with Crippen molar-refractivity contribution in [1.82, 2.24) is 0 Å². The van der Waals surface area contributed by atoms with Crippen LogP contribution in [0, 0.1) is 6.92 Å². The Hall–Kier alpha value is -2.41. The first-order valence-electron chi connectivity index (χ1n) is 5.88. The standard InChI is InChI=1S/C13H16N2O5/c1-8-2-4-9(5-3-8)15(7-12(18)19)13(20)10(14)6-11(16)17/h2-5,10H,6-7,14H2,1H3,(H,16,17)(H,18,19). The van der Waals surface area contributed by atoms with Gasteiger partial charge in [0.2, 0.25) is 5.91 Å². The first kappa shape index (κ1) is 15.6. The van der Waals surface area contributed by atoms with Gasteiger partial charge < -0.3 is 15.9 Å². The van der Waals surface area contributed by atoms with Crippen LogP contribution in [0.15, 0.2) is 24.3 Å². The number of rotatable bonds is 6. The lowest BCUT2D eigenvalue weighted by Crippen LogP contribution is -2.47. The average Bonchev–Trinajstić information content (AvgIpc) is 2.35. The molecule has 7 heteroatoms. The zero-order valence-electron chi connectivity index (χ0n) is 10.9. The number of aliphatic carboxylic acids is 2. The van der Waals surface area contributed by atoms with E-state index < -0.39 is 36.9 Å². The third-order valence-electron chi connectivity index (χ3n) is 2.62. The molecule has 1 amide bonds. The first-order valence-corrected chi connectivity index (χ1v) is 5.88. The highest BCUT2D eigenvalue weighted by molar-refractivity contribution is 6.01. The fraction of sp³-hybridized carbons (Fsp3) is 0.308. The number of carbonyl (C=O) groups is 3. The molecule has 1 aromatic rings. The van der Waals surface area contributed by atoms with Gasteiger partial charge in [0.05, 0.1) is 12.5 Å². The van der Waals surface area contributed by atoms with Gasteiger partial charge in [-0.15, -0.1) is 0 Å². The van der Waals surface area contributed by atoms with Crippen molar-refractivity contribution in [2.24, 2.45) is 5.73 Å². The van der Waals surface area contributed by atoms with Crippen LogP contribution in [0.1, 0.15) is 12.0 Å². The quantitative estimate of drug-likeness (QED) is 0.685. The van der Waals surface area contributed by atoms with E-state index in [0.717, 1.165) is 10.5 Å². The lowest BCUT2D eigenvalue weighted by atomic mass is 10.1. The summed E-state index contributed by atoms with van der Waals surface area (Å²) in [7, 11) is 0. The second kappa shape index (κ2) is 6.67. The number of hydrogen-bond donors (Lipinski definition) is 3. The number of anilines is 1. The Morgan fingerprint density at radius 2 is 1.70 bits per heavy atom. The van der Waals surface area contributed by atoms with Crippen LogP contribution in [0.2, 0.25) is 0 Å². The summed E-state index contributed by atoms with van der Waals surface area (Å²) in [4.78, 5) is 34.5. The molecule has 1 rings (SSSR count). The SMILES string of the molecule is Cc1ccc(N(CC(=O)O)C(=O)C(N)CC(=O)O)cc1. The predicted molar refractivity (Wildman–Crippen MR) is 71.4 cm³/mol. The summed E-state index contributed by atoms with van der Waals surface area (Å²) in [5, 5.41) is 17.5. The molecule has 1 atom stereocenters. The number of benzene rings is 1. The molecule has 0 aliphatic heterocycles. The molecule has 0 aliphatic carbocycles. The molecule has 0 spiro atoms. The van der Waals surface area contributed by atoms with Gasteiger partial charge in [0, 0.05) is 5.69 Å². The third kappa shape index (κ3) is 4.36. The molecule has 4 N–H and O–H groups in total. The Bertz CT molecular complexity index is 512. The number of hydrogen-bond acceptors (Lipinski definition) is 4. The van der Waals surface area contributed by atoms with E-state index in [1.807, 2.05) is 6.92 Å². The minimum Gasteiger partial charge on any atom is -0.481 e. The Balaban J connectivity index is 2.99. The summed E-state index contributed by atoms with van der Waals surface area (Å²) in [6, 6.07) is 5.33. The number of amides is 1. The van der Waals surface area contributed by atoms with E-state index in [1.165, 1.54) is 0 Å². The number of carboxylic acid groups (broad SMARTS) is 2. The van der Waals surface area contributed by atoms with Gasteiger partial charge in [-0.1, -0.05) is 17.7 Å². The van der Waals surface area contributed by atoms with Gasteiger partial charge >= 0.3 is 11.9 Å². The highest BCUT2D eigenvalue weighted by atomic mass is 16.4. The molecule has 1 aromatic carbocycles. The van der Waals surface area contributed by atoms with Gasteiger partial charge in [-0.2, -0.15) is 0 Å². The largest absolute Gasteiger partial charge is 0.481 e. The Morgan fingerprint density at radius 1 is 1.15 bits per heavy atom. The van der Waals surface area contributed by atoms with E-state index in [-0.39, 0.29) is 0 Å². The van der Waals surface area contributed by atoms with Gasteiger partial charge in [0.15, 0.2) is 0 Å². The Labute approximate surface area is 115 Å². The maximum absolute atomic E-state index is 12.1. The third-order valence-corrected chi connectivity index (χ3v) is 2.62. The molecule has 0 aliphatic rings. The fourth-order valence-electron chi connectivity index (χ4n) is 1.63. The van der Waals surface area contributed by atoms with Crippen molar-refractivity contribution in [2.75, 3.05) is 11.4 Å². The molecule has 0 heterocycles. The summed E-state index contributed by atoms with van der Waals surface area (Å²) in [6.45, 7) is 1.28. The predicted octanol–water partition coefficient (Wildman–Crippen LogP) is 0.215. The normalized spacial score (nSPS) is 11.7. The van der Waals surface area contributed by atoms with Crippen molar-refractivity contribution in [1.29, 1.82) is 0 Å². The summed E-state index contributed by atoms with van der Waals surface area (Å²) < 4.78 is 0. The molecule has 20 heavy (non-hydrogen) atoms. The molecule has 7 nitrogen and oxygen atoms in total. The van der Waals surface area contributed by atoms with Crippen molar-refractivity contribution in [3.63, 3.8) is 0 Å². The van der Waals surface area contributed by atoms with Crippen molar-refractivity contribution >= 4 is 23.5 Å². The number of nitrogens with zero attached hydrogens (tertiary/aromatic N) is 1.